The van der Waals surface area contributed by atoms with Gasteiger partial charge in [-0.1, -0.05) is 6.07 Å². The van der Waals surface area contributed by atoms with E-state index in [9.17, 15) is 9.59 Å². The van der Waals surface area contributed by atoms with Crippen molar-refractivity contribution in [1.29, 1.82) is 0 Å². The Morgan fingerprint density at radius 2 is 2.04 bits per heavy atom. The Hall–Kier alpha value is -2.74. The standard InChI is InChI=1S/C17H21N5O3/c1-11-9-22(10-12(2)25-11)15-5-3-13(7-18-15)8-19-17(24)14-4-6-16(23)21-20-14/h3-7,11-12H,8-10H2,1-2H3,(H,19,24)(H,21,23)/t11-,12-/m0/s1. The lowest BCUT2D eigenvalue weighted by Crippen LogP contribution is -2.45. The molecule has 0 spiro atoms. The molecule has 0 saturated carbocycles. The van der Waals surface area contributed by atoms with Crippen LogP contribution in [-0.4, -0.2) is 46.4 Å². The summed E-state index contributed by atoms with van der Waals surface area (Å²) in [5.41, 5.74) is 0.708. The second-order valence-electron chi connectivity index (χ2n) is 6.18. The van der Waals surface area contributed by atoms with Crippen molar-refractivity contribution in [3.05, 3.63) is 52.1 Å². The summed E-state index contributed by atoms with van der Waals surface area (Å²) in [5, 5.41) is 8.68. The Balaban J connectivity index is 1.58. The van der Waals surface area contributed by atoms with E-state index >= 15 is 0 Å². The van der Waals surface area contributed by atoms with E-state index in [1.54, 1.807) is 6.20 Å². The molecule has 2 N–H and O–H groups in total. The second kappa shape index (κ2) is 7.43. The van der Waals surface area contributed by atoms with Gasteiger partial charge in [0.05, 0.1) is 12.2 Å². The highest BCUT2D eigenvalue weighted by molar-refractivity contribution is 5.91. The summed E-state index contributed by atoms with van der Waals surface area (Å²) in [5.74, 6) is 0.551. The predicted molar refractivity (Wildman–Crippen MR) is 92.5 cm³/mol. The van der Waals surface area contributed by atoms with Crippen LogP contribution in [0, 0.1) is 0 Å². The summed E-state index contributed by atoms with van der Waals surface area (Å²) in [7, 11) is 0. The lowest BCUT2D eigenvalue weighted by Gasteiger charge is -2.36. The van der Waals surface area contributed by atoms with E-state index in [1.165, 1.54) is 12.1 Å². The molecule has 1 saturated heterocycles. The molecule has 2 atom stereocenters. The predicted octanol–water partition coefficient (Wildman–Crippen LogP) is 0.708. The summed E-state index contributed by atoms with van der Waals surface area (Å²) in [4.78, 5) is 29.6. The van der Waals surface area contributed by atoms with Gasteiger partial charge in [-0.15, -0.1) is 0 Å². The molecule has 132 valence electrons. The first kappa shape index (κ1) is 17.1. The quantitative estimate of drug-likeness (QED) is 0.848. The average Bonchev–Trinajstić information content (AvgIpc) is 2.60. The zero-order valence-corrected chi connectivity index (χ0v) is 14.2. The molecule has 8 heteroatoms. The molecular weight excluding hydrogens is 322 g/mol. The van der Waals surface area contributed by atoms with Crippen LogP contribution in [0.15, 0.2) is 35.3 Å². The zero-order chi connectivity index (χ0) is 17.8. The number of aromatic amines is 1. The summed E-state index contributed by atoms with van der Waals surface area (Å²) in [6.07, 6.45) is 2.10. The third-order valence-corrected chi connectivity index (χ3v) is 3.92. The largest absolute Gasteiger partial charge is 0.372 e. The molecule has 3 heterocycles. The number of morpholine rings is 1. The number of rotatable bonds is 4. The van der Waals surface area contributed by atoms with Gasteiger partial charge in [0.15, 0.2) is 0 Å². The molecule has 1 fully saturated rings. The molecule has 0 aromatic carbocycles. The molecule has 0 unspecified atom stereocenters. The SMILES string of the molecule is C[C@H]1CN(c2ccc(CNC(=O)c3ccc(=O)[nH]n3)cn2)C[C@H](C)O1. The van der Waals surface area contributed by atoms with E-state index in [2.05, 4.69) is 39.2 Å². The number of hydrogen-bond donors (Lipinski definition) is 2. The van der Waals surface area contributed by atoms with E-state index in [1.807, 2.05) is 12.1 Å². The van der Waals surface area contributed by atoms with Gasteiger partial charge in [0, 0.05) is 31.9 Å². The maximum Gasteiger partial charge on any atom is 0.271 e. The fourth-order valence-electron chi connectivity index (χ4n) is 2.82. The number of carbonyl (C=O) groups excluding carboxylic acids is 1. The number of pyridine rings is 1. The zero-order valence-electron chi connectivity index (χ0n) is 14.2. The minimum atomic E-state index is -0.351. The Labute approximate surface area is 145 Å². The van der Waals surface area contributed by atoms with E-state index in [4.69, 9.17) is 4.74 Å². The topological polar surface area (TPSA) is 100 Å². The van der Waals surface area contributed by atoms with Gasteiger partial charge >= 0.3 is 0 Å². The molecule has 8 nitrogen and oxygen atoms in total. The fourth-order valence-corrected chi connectivity index (χ4v) is 2.82. The molecule has 2 aromatic rings. The fraction of sp³-hybridized carbons (Fsp3) is 0.412. The number of ether oxygens (including phenoxy) is 1. The van der Waals surface area contributed by atoms with Gasteiger partial charge < -0.3 is 15.0 Å². The molecule has 0 radical (unpaired) electrons. The van der Waals surface area contributed by atoms with Crippen LogP contribution < -0.4 is 15.8 Å². The summed E-state index contributed by atoms with van der Waals surface area (Å²) in [6, 6.07) is 6.54. The first-order chi connectivity index (χ1) is 12.0. The number of nitrogens with one attached hydrogen (secondary N) is 2. The number of aromatic nitrogens is 3. The van der Waals surface area contributed by atoms with Crippen LogP contribution in [0.4, 0.5) is 5.82 Å². The van der Waals surface area contributed by atoms with Gasteiger partial charge in [-0.2, -0.15) is 5.10 Å². The van der Waals surface area contributed by atoms with Crippen LogP contribution in [-0.2, 0) is 11.3 Å². The van der Waals surface area contributed by atoms with Gasteiger partial charge in [0.25, 0.3) is 11.5 Å². The number of carbonyl (C=O) groups is 1. The molecule has 1 aliphatic rings. The highest BCUT2D eigenvalue weighted by Crippen LogP contribution is 2.18. The third kappa shape index (κ3) is 4.42. The first-order valence-electron chi connectivity index (χ1n) is 8.20. The van der Waals surface area contributed by atoms with Crippen molar-refractivity contribution < 1.29 is 9.53 Å². The van der Waals surface area contributed by atoms with Crippen LogP contribution >= 0.6 is 0 Å². The lowest BCUT2D eigenvalue weighted by molar-refractivity contribution is -0.00546. The van der Waals surface area contributed by atoms with Gasteiger partial charge in [-0.25, -0.2) is 10.1 Å². The van der Waals surface area contributed by atoms with Gasteiger partial charge in [0.2, 0.25) is 0 Å². The lowest BCUT2D eigenvalue weighted by atomic mass is 10.2. The molecule has 1 amide bonds. The van der Waals surface area contributed by atoms with Crippen molar-refractivity contribution in [1.82, 2.24) is 20.5 Å². The van der Waals surface area contributed by atoms with E-state index in [0.717, 1.165) is 24.5 Å². The van der Waals surface area contributed by atoms with Crippen molar-refractivity contribution >= 4 is 11.7 Å². The van der Waals surface area contributed by atoms with Gasteiger partial charge in [0.1, 0.15) is 11.5 Å². The number of amides is 1. The van der Waals surface area contributed by atoms with E-state index < -0.39 is 0 Å². The average molecular weight is 343 g/mol. The number of nitrogens with zero attached hydrogens (tertiary/aromatic N) is 3. The maximum atomic E-state index is 12.0. The molecule has 25 heavy (non-hydrogen) atoms. The van der Waals surface area contributed by atoms with Gasteiger partial charge in [-0.05, 0) is 31.5 Å². The summed E-state index contributed by atoms with van der Waals surface area (Å²) >= 11 is 0. The molecule has 3 rings (SSSR count). The summed E-state index contributed by atoms with van der Waals surface area (Å²) in [6.45, 7) is 6.06. The smallest absolute Gasteiger partial charge is 0.271 e. The minimum Gasteiger partial charge on any atom is -0.372 e. The van der Waals surface area contributed by atoms with Crippen molar-refractivity contribution in [2.24, 2.45) is 0 Å². The van der Waals surface area contributed by atoms with Crippen LogP contribution in [0.1, 0.15) is 29.9 Å². The van der Waals surface area contributed by atoms with Crippen molar-refractivity contribution in [3.63, 3.8) is 0 Å². The molecule has 0 bridgehead atoms. The normalized spacial score (nSPS) is 20.3. The Morgan fingerprint density at radius 3 is 2.64 bits per heavy atom. The number of hydrogen-bond acceptors (Lipinski definition) is 6. The Morgan fingerprint density at radius 1 is 1.28 bits per heavy atom. The van der Waals surface area contributed by atoms with E-state index in [0.29, 0.717) is 6.54 Å². The van der Waals surface area contributed by atoms with Crippen LogP contribution in [0.2, 0.25) is 0 Å². The molecule has 1 aliphatic heterocycles. The number of anilines is 1. The Kier molecular flexibility index (Phi) is 5.08. The van der Waals surface area contributed by atoms with Crippen molar-refractivity contribution in [3.8, 4) is 0 Å². The minimum absolute atomic E-state index is 0.167. The Bertz CT molecular complexity index is 759. The molecule has 0 aliphatic carbocycles. The van der Waals surface area contributed by atoms with Crippen molar-refractivity contribution in [2.45, 2.75) is 32.6 Å². The maximum absolute atomic E-state index is 12.0. The van der Waals surface area contributed by atoms with E-state index in [-0.39, 0.29) is 29.4 Å². The number of H-pyrrole nitrogens is 1. The highest BCUT2D eigenvalue weighted by atomic mass is 16.5. The second-order valence-corrected chi connectivity index (χ2v) is 6.18. The monoisotopic (exact) mass is 343 g/mol. The first-order valence-corrected chi connectivity index (χ1v) is 8.20. The highest BCUT2D eigenvalue weighted by Gasteiger charge is 2.22. The summed E-state index contributed by atoms with van der Waals surface area (Å²) < 4.78 is 5.73. The van der Waals surface area contributed by atoms with Crippen LogP contribution in [0.25, 0.3) is 0 Å². The molecule has 2 aromatic heterocycles. The molecular formula is C17H21N5O3. The third-order valence-electron chi connectivity index (χ3n) is 3.92. The van der Waals surface area contributed by atoms with Crippen molar-refractivity contribution in [2.75, 3.05) is 18.0 Å². The van der Waals surface area contributed by atoms with Crippen LogP contribution in [0.5, 0.6) is 0 Å². The van der Waals surface area contributed by atoms with Gasteiger partial charge in [-0.3, -0.25) is 9.59 Å². The van der Waals surface area contributed by atoms with Crippen LogP contribution in [0.3, 0.4) is 0 Å².